The fraction of sp³-hybridized carbons (Fsp3) is 0.500. The average Bonchev–Trinajstić information content (AvgIpc) is 2.79. The normalized spacial score (nSPS) is 14.8. The van der Waals surface area contributed by atoms with Crippen LogP contribution in [0.1, 0.15) is 31.2 Å². The fourth-order valence-corrected chi connectivity index (χ4v) is 2.60. The second-order valence-electron chi connectivity index (χ2n) is 6.01. The molecule has 6 nitrogen and oxygen atoms in total. The average molecular weight is 350 g/mol. The Morgan fingerprint density at radius 3 is 2.68 bits per heavy atom. The van der Waals surface area contributed by atoms with E-state index in [9.17, 15) is 18.8 Å². The highest BCUT2D eigenvalue weighted by atomic mass is 19.1. The van der Waals surface area contributed by atoms with Gasteiger partial charge in [-0.3, -0.25) is 14.4 Å². The molecule has 0 aromatic heterocycles. The Balaban J connectivity index is 1.62. The van der Waals surface area contributed by atoms with Gasteiger partial charge in [-0.25, -0.2) is 4.39 Å². The second-order valence-corrected chi connectivity index (χ2v) is 6.01. The van der Waals surface area contributed by atoms with Crippen LogP contribution in [-0.4, -0.2) is 48.9 Å². The Morgan fingerprint density at radius 2 is 1.92 bits per heavy atom. The third-order valence-electron chi connectivity index (χ3n) is 4.00. The number of hydrogen-bond donors (Lipinski definition) is 1. The van der Waals surface area contributed by atoms with E-state index in [1.807, 2.05) is 0 Å². The Morgan fingerprint density at radius 1 is 1.16 bits per heavy atom. The minimum absolute atomic E-state index is 0.0433. The number of likely N-dealkylation sites (tertiary alicyclic amines) is 1. The first-order valence-corrected chi connectivity index (χ1v) is 8.49. The van der Waals surface area contributed by atoms with E-state index in [0.29, 0.717) is 25.9 Å². The molecule has 0 atom stereocenters. The minimum Gasteiger partial charge on any atom is -0.454 e. The van der Waals surface area contributed by atoms with E-state index in [-0.39, 0.29) is 24.9 Å². The van der Waals surface area contributed by atoms with Crippen molar-refractivity contribution in [1.29, 1.82) is 0 Å². The van der Waals surface area contributed by atoms with Gasteiger partial charge in [-0.15, -0.1) is 0 Å². The summed E-state index contributed by atoms with van der Waals surface area (Å²) >= 11 is 0. The van der Waals surface area contributed by atoms with E-state index >= 15 is 0 Å². The van der Waals surface area contributed by atoms with Crippen molar-refractivity contribution in [3.63, 3.8) is 0 Å². The molecular weight excluding hydrogens is 327 g/mol. The first kappa shape index (κ1) is 18.9. The van der Waals surface area contributed by atoms with Crippen molar-refractivity contribution in [2.24, 2.45) is 0 Å². The SMILES string of the molecule is O=C(COC(=O)CN1CCCCCC1=O)NCCc1ccc(F)cc1. The van der Waals surface area contributed by atoms with Crippen molar-refractivity contribution in [3.05, 3.63) is 35.6 Å². The maximum absolute atomic E-state index is 12.8. The van der Waals surface area contributed by atoms with Gasteiger partial charge in [-0.05, 0) is 37.0 Å². The highest BCUT2D eigenvalue weighted by molar-refractivity contribution is 5.84. The number of ether oxygens (including phenoxy) is 1. The lowest BCUT2D eigenvalue weighted by molar-refractivity contribution is -0.152. The van der Waals surface area contributed by atoms with Crippen LogP contribution in [0, 0.1) is 5.82 Å². The van der Waals surface area contributed by atoms with Crippen LogP contribution in [0.4, 0.5) is 4.39 Å². The third-order valence-corrected chi connectivity index (χ3v) is 4.00. The van der Waals surface area contributed by atoms with Crippen LogP contribution in [0.2, 0.25) is 0 Å². The summed E-state index contributed by atoms with van der Waals surface area (Å²) in [5.41, 5.74) is 0.901. The molecule has 7 heteroatoms. The van der Waals surface area contributed by atoms with Crippen LogP contribution in [0.15, 0.2) is 24.3 Å². The Hall–Kier alpha value is -2.44. The van der Waals surface area contributed by atoms with Gasteiger partial charge in [0.2, 0.25) is 5.91 Å². The first-order chi connectivity index (χ1) is 12.0. The summed E-state index contributed by atoms with van der Waals surface area (Å²) in [7, 11) is 0. The molecule has 0 saturated carbocycles. The number of nitrogens with one attached hydrogen (secondary N) is 1. The quantitative estimate of drug-likeness (QED) is 0.755. The zero-order valence-electron chi connectivity index (χ0n) is 14.1. The summed E-state index contributed by atoms with van der Waals surface area (Å²) in [5.74, 6) is -1.33. The van der Waals surface area contributed by atoms with E-state index < -0.39 is 11.9 Å². The molecule has 2 rings (SSSR count). The molecule has 2 amide bonds. The van der Waals surface area contributed by atoms with E-state index in [4.69, 9.17) is 4.74 Å². The fourth-order valence-electron chi connectivity index (χ4n) is 2.60. The Labute approximate surface area is 146 Å². The summed E-state index contributed by atoms with van der Waals surface area (Å²) in [6.07, 6.45) is 3.72. The van der Waals surface area contributed by atoms with Crippen LogP contribution < -0.4 is 5.32 Å². The van der Waals surface area contributed by atoms with Crippen molar-refractivity contribution in [1.82, 2.24) is 10.2 Å². The number of nitrogens with zero attached hydrogens (tertiary/aromatic N) is 1. The predicted octanol–water partition coefficient (Wildman–Crippen LogP) is 1.43. The molecular formula is C18H23FN2O4. The number of amides is 2. The van der Waals surface area contributed by atoms with Crippen LogP contribution >= 0.6 is 0 Å². The zero-order valence-corrected chi connectivity index (χ0v) is 14.1. The van der Waals surface area contributed by atoms with Crippen molar-refractivity contribution < 1.29 is 23.5 Å². The number of carbonyl (C=O) groups is 3. The van der Waals surface area contributed by atoms with Gasteiger partial charge in [0.15, 0.2) is 6.61 Å². The van der Waals surface area contributed by atoms with Gasteiger partial charge >= 0.3 is 5.97 Å². The molecule has 136 valence electrons. The summed E-state index contributed by atoms with van der Waals surface area (Å²) in [4.78, 5) is 36.7. The van der Waals surface area contributed by atoms with Crippen LogP contribution in [-0.2, 0) is 25.5 Å². The number of benzene rings is 1. The molecule has 0 unspecified atom stereocenters. The molecule has 1 aromatic carbocycles. The summed E-state index contributed by atoms with van der Waals surface area (Å²) < 4.78 is 17.7. The number of esters is 1. The first-order valence-electron chi connectivity index (χ1n) is 8.49. The summed E-state index contributed by atoms with van der Waals surface area (Å²) in [5, 5.41) is 2.63. The Bertz CT molecular complexity index is 604. The maximum Gasteiger partial charge on any atom is 0.326 e. The molecule has 1 heterocycles. The van der Waals surface area contributed by atoms with Crippen molar-refractivity contribution in [2.45, 2.75) is 32.1 Å². The summed E-state index contributed by atoms with van der Waals surface area (Å²) in [6, 6.07) is 6.03. The van der Waals surface area contributed by atoms with Gasteiger partial charge in [0.25, 0.3) is 5.91 Å². The summed E-state index contributed by atoms with van der Waals surface area (Å²) in [6.45, 7) is 0.441. The van der Waals surface area contributed by atoms with E-state index in [0.717, 1.165) is 24.8 Å². The van der Waals surface area contributed by atoms with Crippen molar-refractivity contribution >= 4 is 17.8 Å². The van der Waals surface area contributed by atoms with E-state index in [1.54, 1.807) is 12.1 Å². The molecule has 1 aromatic rings. The number of carbonyl (C=O) groups excluding carboxylic acids is 3. The van der Waals surface area contributed by atoms with Crippen LogP contribution in [0.5, 0.6) is 0 Å². The minimum atomic E-state index is -0.580. The van der Waals surface area contributed by atoms with E-state index in [2.05, 4.69) is 5.32 Å². The molecule has 0 spiro atoms. The number of rotatable bonds is 7. The van der Waals surface area contributed by atoms with Crippen LogP contribution in [0.3, 0.4) is 0 Å². The van der Waals surface area contributed by atoms with Gasteiger partial charge < -0.3 is 15.0 Å². The highest BCUT2D eigenvalue weighted by Gasteiger charge is 2.20. The van der Waals surface area contributed by atoms with Crippen molar-refractivity contribution in [3.8, 4) is 0 Å². The lowest BCUT2D eigenvalue weighted by Crippen LogP contribution is -2.37. The number of hydrogen-bond acceptors (Lipinski definition) is 4. The molecule has 1 aliphatic heterocycles. The molecule has 1 fully saturated rings. The molecule has 0 aliphatic carbocycles. The van der Waals surface area contributed by atoms with Crippen molar-refractivity contribution in [2.75, 3.05) is 26.2 Å². The maximum atomic E-state index is 12.8. The highest BCUT2D eigenvalue weighted by Crippen LogP contribution is 2.10. The van der Waals surface area contributed by atoms with Gasteiger partial charge in [0.05, 0.1) is 0 Å². The standard InChI is InChI=1S/C18H23FN2O4/c19-15-7-5-14(6-8-15)9-10-20-16(22)13-25-18(24)12-21-11-3-1-2-4-17(21)23/h5-8H,1-4,9-13H2,(H,20,22). The molecule has 25 heavy (non-hydrogen) atoms. The van der Waals surface area contributed by atoms with E-state index in [1.165, 1.54) is 17.0 Å². The van der Waals surface area contributed by atoms with Crippen LogP contribution in [0.25, 0.3) is 0 Å². The largest absolute Gasteiger partial charge is 0.454 e. The molecule has 1 saturated heterocycles. The molecule has 1 N–H and O–H groups in total. The van der Waals surface area contributed by atoms with Gasteiger partial charge in [0, 0.05) is 19.5 Å². The molecule has 0 radical (unpaired) electrons. The smallest absolute Gasteiger partial charge is 0.326 e. The zero-order chi connectivity index (χ0) is 18.1. The third kappa shape index (κ3) is 6.91. The van der Waals surface area contributed by atoms with Gasteiger partial charge in [-0.1, -0.05) is 18.6 Å². The predicted molar refractivity (Wildman–Crippen MR) is 89.1 cm³/mol. The lowest BCUT2D eigenvalue weighted by atomic mass is 10.1. The molecule has 0 bridgehead atoms. The Kier molecular flexibility index (Phi) is 7.37. The monoisotopic (exact) mass is 350 g/mol. The lowest BCUT2D eigenvalue weighted by Gasteiger charge is -2.19. The second kappa shape index (κ2) is 9.76. The topological polar surface area (TPSA) is 75.7 Å². The van der Waals surface area contributed by atoms with Gasteiger partial charge in [0.1, 0.15) is 12.4 Å². The number of halogens is 1. The van der Waals surface area contributed by atoms with Gasteiger partial charge in [-0.2, -0.15) is 0 Å². The molecule has 1 aliphatic rings.